The molecule has 0 fully saturated rings. The number of ether oxygens (including phenoxy) is 1. The molecule has 1 unspecified atom stereocenters. The number of hydrogen-bond acceptors (Lipinski definition) is 5. The number of carboxylic acids is 1. The molecule has 2 amide bonds. The minimum atomic E-state index is -1.16. The normalized spacial score (nSPS) is 13.3. The molecule has 0 aliphatic heterocycles. The van der Waals surface area contributed by atoms with Crippen molar-refractivity contribution >= 4 is 23.7 Å². The number of hydrogen-bond donors (Lipinski definition) is 3. The fourth-order valence-electron chi connectivity index (χ4n) is 4.28. The lowest BCUT2D eigenvalue weighted by Gasteiger charge is -2.27. The van der Waals surface area contributed by atoms with Crippen molar-refractivity contribution in [1.29, 1.82) is 0 Å². The number of nitrogens with zero attached hydrogens (tertiary/aromatic N) is 1. The monoisotopic (exact) mass is 473 g/mol. The van der Waals surface area contributed by atoms with E-state index in [9.17, 15) is 19.5 Å². The van der Waals surface area contributed by atoms with Gasteiger partial charge in [0.25, 0.3) is 5.91 Å². The topological polar surface area (TPSA) is 118 Å². The molecule has 2 aromatic carbocycles. The van der Waals surface area contributed by atoms with Gasteiger partial charge in [0.2, 0.25) is 0 Å². The van der Waals surface area contributed by atoms with Gasteiger partial charge in [-0.1, -0.05) is 69.3 Å². The highest BCUT2D eigenvalue weighted by molar-refractivity contribution is 6.02. The molecule has 180 valence electrons. The molecule has 3 N–H and O–H groups in total. The number of nitrogens with one attached hydrogen (secondary N) is 2. The molecule has 1 atom stereocenters. The number of benzene rings is 2. The maximum Gasteiger partial charge on any atom is 0.411 e. The largest absolute Gasteiger partial charge is 0.480 e. The minimum absolute atomic E-state index is 0.100. The zero-order chi connectivity index (χ0) is 25.2. The molecule has 1 aliphatic carbocycles. The summed E-state index contributed by atoms with van der Waals surface area (Å²) < 4.78 is 5.55. The summed E-state index contributed by atoms with van der Waals surface area (Å²) in [5.74, 6) is -1.97. The van der Waals surface area contributed by atoms with Crippen molar-refractivity contribution in [3.8, 4) is 11.1 Å². The van der Waals surface area contributed by atoms with Gasteiger partial charge in [0.05, 0.1) is 5.69 Å². The first-order chi connectivity index (χ1) is 16.7. The van der Waals surface area contributed by atoms with Gasteiger partial charge < -0.3 is 15.2 Å². The predicted octanol–water partition coefficient (Wildman–Crippen LogP) is 4.67. The maximum atomic E-state index is 12.8. The summed E-state index contributed by atoms with van der Waals surface area (Å²) in [6.07, 6.45) is 0.657. The minimum Gasteiger partial charge on any atom is -0.480 e. The van der Waals surface area contributed by atoms with E-state index in [2.05, 4.69) is 27.8 Å². The number of aliphatic carboxylic acids is 1. The fraction of sp³-hybridized carbons (Fsp3) is 0.259. The van der Waals surface area contributed by atoms with Gasteiger partial charge in [-0.05, 0) is 39.8 Å². The van der Waals surface area contributed by atoms with Gasteiger partial charge >= 0.3 is 12.1 Å². The SMILES string of the molecule is CC(C)(C)C(NC(=O)c1ncccc1NC(=O)OCC1c2ccccc2-c2ccccc21)C(=O)O. The lowest BCUT2D eigenvalue weighted by molar-refractivity contribution is -0.142. The van der Waals surface area contributed by atoms with Gasteiger partial charge in [-0.25, -0.2) is 14.6 Å². The number of carbonyl (C=O) groups excluding carboxylic acids is 2. The Hall–Kier alpha value is -4.20. The van der Waals surface area contributed by atoms with Crippen molar-refractivity contribution < 1.29 is 24.2 Å². The van der Waals surface area contributed by atoms with E-state index in [1.807, 2.05) is 36.4 Å². The van der Waals surface area contributed by atoms with Crippen LogP contribution >= 0.6 is 0 Å². The molecule has 8 nitrogen and oxygen atoms in total. The third-order valence-electron chi connectivity index (χ3n) is 5.99. The summed E-state index contributed by atoms with van der Waals surface area (Å²) in [4.78, 5) is 41.2. The molecule has 1 heterocycles. The highest BCUT2D eigenvalue weighted by Gasteiger charge is 2.34. The molecule has 1 aromatic heterocycles. The van der Waals surface area contributed by atoms with Gasteiger partial charge in [-0.2, -0.15) is 0 Å². The number of anilines is 1. The standard InChI is InChI=1S/C27H27N3O5/c1-27(2,3)23(25(32)33)30-24(31)22-21(13-8-14-28-22)29-26(34)35-15-20-18-11-6-4-9-16(18)17-10-5-7-12-19(17)20/h4-14,20,23H,15H2,1-3H3,(H,29,34)(H,30,31)(H,32,33). The van der Waals surface area contributed by atoms with Gasteiger partial charge in [0.1, 0.15) is 12.6 Å². The number of aromatic nitrogens is 1. The Kier molecular flexibility index (Phi) is 6.55. The van der Waals surface area contributed by atoms with E-state index in [0.717, 1.165) is 22.3 Å². The summed E-state index contributed by atoms with van der Waals surface area (Å²) >= 11 is 0. The van der Waals surface area contributed by atoms with Crippen LogP contribution in [0.3, 0.4) is 0 Å². The zero-order valence-corrected chi connectivity index (χ0v) is 19.7. The fourth-order valence-corrected chi connectivity index (χ4v) is 4.28. The van der Waals surface area contributed by atoms with Crippen LogP contribution in [0, 0.1) is 5.41 Å². The van der Waals surface area contributed by atoms with E-state index in [1.165, 1.54) is 12.3 Å². The summed E-state index contributed by atoms with van der Waals surface area (Å²) in [6, 6.07) is 18.0. The Morgan fingerprint density at radius 1 is 0.971 bits per heavy atom. The van der Waals surface area contributed by atoms with Crippen LogP contribution in [0.5, 0.6) is 0 Å². The second-order valence-corrected chi connectivity index (χ2v) is 9.46. The van der Waals surface area contributed by atoms with Crippen LogP contribution in [0.1, 0.15) is 48.3 Å². The zero-order valence-electron chi connectivity index (χ0n) is 19.7. The number of carboxylic acid groups (broad SMARTS) is 1. The predicted molar refractivity (Wildman–Crippen MR) is 131 cm³/mol. The van der Waals surface area contributed by atoms with E-state index in [-0.39, 0.29) is 23.9 Å². The van der Waals surface area contributed by atoms with Crippen LogP contribution < -0.4 is 10.6 Å². The van der Waals surface area contributed by atoms with Gasteiger partial charge in [-0.15, -0.1) is 0 Å². The molecule has 35 heavy (non-hydrogen) atoms. The molecule has 8 heteroatoms. The van der Waals surface area contributed by atoms with Crippen LogP contribution in [0.2, 0.25) is 0 Å². The van der Waals surface area contributed by atoms with E-state index in [4.69, 9.17) is 4.74 Å². The highest BCUT2D eigenvalue weighted by Crippen LogP contribution is 2.44. The van der Waals surface area contributed by atoms with Crippen molar-refractivity contribution in [2.45, 2.75) is 32.7 Å². The van der Waals surface area contributed by atoms with Crippen molar-refractivity contribution in [2.75, 3.05) is 11.9 Å². The van der Waals surface area contributed by atoms with E-state index < -0.39 is 29.4 Å². The van der Waals surface area contributed by atoms with E-state index >= 15 is 0 Å². The summed E-state index contributed by atoms with van der Waals surface area (Å²) in [6.45, 7) is 5.24. The molecule has 0 spiro atoms. The number of fused-ring (bicyclic) bond motifs is 3. The lowest BCUT2D eigenvalue weighted by Crippen LogP contribution is -2.49. The van der Waals surface area contributed by atoms with Crippen LogP contribution in [0.15, 0.2) is 66.9 Å². The summed E-state index contributed by atoms with van der Waals surface area (Å²) in [5.41, 5.74) is 3.72. The van der Waals surface area contributed by atoms with E-state index in [1.54, 1.807) is 26.8 Å². The molecule has 0 bridgehead atoms. The second kappa shape index (κ2) is 9.58. The molecule has 1 aliphatic rings. The number of pyridine rings is 1. The third-order valence-corrected chi connectivity index (χ3v) is 5.99. The number of rotatable bonds is 6. The summed E-state index contributed by atoms with van der Waals surface area (Å²) in [5, 5.41) is 14.6. The van der Waals surface area contributed by atoms with Crippen molar-refractivity contribution in [1.82, 2.24) is 10.3 Å². The second-order valence-electron chi connectivity index (χ2n) is 9.46. The van der Waals surface area contributed by atoms with Crippen LogP contribution in [0.4, 0.5) is 10.5 Å². The Morgan fingerprint density at radius 2 is 1.57 bits per heavy atom. The quantitative estimate of drug-likeness (QED) is 0.479. The molecule has 0 saturated heterocycles. The molecule has 0 radical (unpaired) electrons. The van der Waals surface area contributed by atoms with Gasteiger partial charge in [0, 0.05) is 12.1 Å². The molecule has 4 rings (SSSR count). The van der Waals surface area contributed by atoms with Gasteiger partial charge in [0.15, 0.2) is 5.69 Å². The van der Waals surface area contributed by atoms with E-state index in [0.29, 0.717) is 0 Å². The molecule has 3 aromatic rings. The Labute approximate surface area is 203 Å². The Balaban J connectivity index is 1.47. The first-order valence-electron chi connectivity index (χ1n) is 11.3. The molecular weight excluding hydrogens is 446 g/mol. The summed E-state index contributed by atoms with van der Waals surface area (Å²) in [7, 11) is 0. The third kappa shape index (κ3) is 5.01. The van der Waals surface area contributed by atoms with Crippen LogP contribution in [0.25, 0.3) is 11.1 Å². The average molecular weight is 474 g/mol. The molecule has 0 saturated carbocycles. The maximum absolute atomic E-state index is 12.8. The smallest absolute Gasteiger partial charge is 0.411 e. The Bertz CT molecular complexity index is 1240. The van der Waals surface area contributed by atoms with Crippen LogP contribution in [-0.4, -0.2) is 40.7 Å². The first-order valence-corrected chi connectivity index (χ1v) is 11.3. The van der Waals surface area contributed by atoms with Crippen LogP contribution in [-0.2, 0) is 9.53 Å². The Morgan fingerprint density at radius 3 is 2.14 bits per heavy atom. The lowest BCUT2D eigenvalue weighted by atomic mass is 9.86. The first kappa shape index (κ1) is 23.9. The van der Waals surface area contributed by atoms with Gasteiger partial charge in [-0.3, -0.25) is 10.1 Å². The van der Waals surface area contributed by atoms with Crippen molar-refractivity contribution in [3.05, 3.63) is 83.7 Å². The highest BCUT2D eigenvalue weighted by atomic mass is 16.5. The molecular formula is C27H27N3O5. The number of amides is 2. The average Bonchev–Trinajstić information content (AvgIpc) is 3.14. The number of carbonyl (C=O) groups is 3. The van der Waals surface area contributed by atoms with Crippen molar-refractivity contribution in [3.63, 3.8) is 0 Å². The van der Waals surface area contributed by atoms with Crippen molar-refractivity contribution in [2.24, 2.45) is 5.41 Å².